The lowest BCUT2D eigenvalue weighted by molar-refractivity contribution is -0.118. The van der Waals surface area contributed by atoms with Crippen LogP contribution in [0.15, 0.2) is 71.5 Å². The van der Waals surface area contributed by atoms with Crippen molar-refractivity contribution in [2.24, 2.45) is 0 Å². The molecule has 11 heteroatoms. The van der Waals surface area contributed by atoms with E-state index in [1.807, 2.05) is 48.7 Å². The van der Waals surface area contributed by atoms with Gasteiger partial charge in [0.2, 0.25) is 5.91 Å². The molecule has 0 saturated carbocycles. The number of benzene rings is 2. The predicted molar refractivity (Wildman–Crippen MR) is 155 cm³/mol. The highest BCUT2D eigenvalue weighted by molar-refractivity contribution is 9.10. The number of nitrogens with one attached hydrogen (secondary N) is 3. The fourth-order valence-electron chi connectivity index (χ4n) is 4.51. The van der Waals surface area contributed by atoms with Crippen molar-refractivity contribution >= 4 is 56.0 Å². The van der Waals surface area contributed by atoms with Gasteiger partial charge < -0.3 is 30.0 Å². The van der Waals surface area contributed by atoms with Gasteiger partial charge >= 0.3 is 6.03 Å². The van der Waals surface area contributed by atoms with E-state index in [9.17, 15) is 9.59 Å². The lowest BCUT2D eigenvalue weighted by atomic mass is 10.2. The Hall–Kier alpha value is -3.93. The molecule has 0 bridgehead atoms. The van der Waals surface area contributed by atoms with Gasteiger partial charge in [0.05, 0.1) is 43.8 Å². The van der Waals surface area contributed by atoms with Crippen molar-refractivity contribution in [3.63, 3.8) is 0 Å². The van der Waals surface area contributed by atoms with Crippen molar-refractivity contribution in [1.29, 1.82) is 0 Å². The maximum absolute atomic E-state index is 12.8. The first-order chi connectivity index (χ1) is 19.0. The number of methoxy groups -OCH3 is 1. The fraction of sp³-hybridized carbons (Fsp3) is 0.250. The van der Waals surface area contributed by atoms with Gasteiger partial charge in [-0.1, -0.05) is 22.0 Å². The van der Waals surface area contributed by atoms with Crippen LogP contribution in [0.5, 0.6) is 5.75 Å². The number of ether oxygens (including phenoxy) is 2. The molecule has 2 aromatic heterocycles. The first-order valence-corrected chi connectivity index (χ1v) is 13.3. The Labute approximate surface area is 234 Å². The molecule has 39 heavy (non-hydrogen) atoms. The smallest absolute Gasteiger partial charge is 0.323 e. The molecule has 5 rings (SSSR count). The van der Waals surface area contributed by atoms with Gasteiger partial charge in [0.15, 0.2) is 0 Å². The summed E-state index contributed by atoms with van der Waals surface area (Å²) in [4.78, 5) is 31.7. The van der Waals surface area contributed by atoms with E-state index in [1.54, 1.807) is 25.4 Å². The predicted octanol–water partition coefficient (Wildman–Crippen LogP) is 4.77. The van der Waals surface area contributed by atoms with Crippen LogP contribution < -0.4 is 20.7 Å². The number of carbonyl (C=O) groups is 2. The first-order valence-electron chi connectivity index (χ1n) is 12.5. The highest BCUT2D eigenvalue weighted by Crippen LogP contribution is 2.29. The number of pyridine rings is 1. The van der Waals surface area contributed by atoms with Gasteiger partial charge in [-0.15, -0.1) is 0 Å². The van der Waals surface area contributed by atoms with Gasteiger partial charge in [-0.2, -0.15) is 0 Å². The van der Waals surface area contributed by atoms with Crippen LogP contribution in [-0.4, -0.2) is 66.3 Å². The summed E-state index contributed by atoms with van der Waals surface area (Å²) < 4.78 is 13.6. The number of fused-ring (bicyclic) bond motifs is 1. The molecule has 0 spiro atoms. The van der Waals surface area contributed by atoms with Gasteiger partial charge in [-0.3, -0.25) is 9.69 Å². The number of hydrogen-bond donors (Lipinski definition) is 3. The minimum atomic E-state index is -0.377. The molecule has 1 aliphatic heterocycles. The van der Waals surface area contributed by atoms with Crippen molar-refractivity contribution in [3.05, 3.63) is 77.0 Å². The van der Waals surface area contributed by atoms with E-state index >= 15 is 0 Å². The molecule has 2 aromatic carbocycles. The number of rotatable bonds is 8. The Morgan fingerprint density at radius 2 is 1.85 bits per heavy atom. The number of nitrogens with zero attached hydrogens (tertiary/aromatic N) is 3. The third-order valence-corrected chi connectivity index (χ3v) is 6.88. The van der Waals surface area contributed by atoms with Crippen LogP contribution in [0.1, 0.15) is 5.56 Å². The summed E-state index contributed by atoms with van der Waals surface area (Å²) in [7, 11) is 1.56. The Bertz CT molecular complexity index is 1480. The van der Waals surface area contributed by atoms with Gasteiger partial charge in [0.1, 0.15) is 11.6 Å². The van der Waals surface area contributed by atoms with Crippen molar-refractivity contribution in [1.82, 2.24) is 14.5 Å². The largest absolute Gasteiger partial charge is 0.495 e. The normalized spacial score (nSPS) is 13.7. The minimum Gasteiger partial charge on any atom is -0.495 e. The SMILES string of the molecule is COc1ccc(Br)cc1NC(=O)Nc1cccc2c1ccn2Cc1ccnc(NC(=O)CN2CCOCC2)c1. The number of carbonyl (C=O) groups excluding carboxylic acids is 2. The number of halogens is 1. The summed E-state index contributed by atoms with van der Waals surface area (Å²) in [6.45, 7) is 3.68. The summed E-state index contributed by atoms with van der Waals surface area (Å²) in [5, 5.41) is 9.59. The Morgan fingerprint density at radius 3 is 2.67 bits per heavy atom. The van der Waals surface area contributed by atoms with Crippen molar-refractivity contribution in [2.75, 3.05) is 55.9 Å². The number of morpholine rings is 1. The van der Waals surface area contributed by atoms with Crippen LogP contribution in [0.2, 0.25) is 0 Å². The summed E-state index contributed by atoms with van der Waals surface area (Å²) in [6, 6.07) is 16.6. The Balaban J connectivity index is 1.26. The zero-order chi connectivity index (χ0) is 27.2. The second-order valence-corrected chi connectivity index (χ2v) is 10.0. The number of urea groups is 1. The molecule has 4 aromatic rings. The van der Waals surface area contributed by atoms with E-state index in [2.05, 4.69) is 46.3 Å². The topological polar surface area (TPSA) is 110 Å². The van der Waals surface area contributed by atoms with Crippen LogP contribution in [0.4, 0.5) is 22.0 Å². The van der Waals surface area contributed by atoms with E-state index in [0.717, 1.165) is 34.0 Å². The van der Waals surface area contributed by atoms with E-state index in [0.29, 0.717) is 49.2 Å². The molecule has 0 radical (unpaired) electrons. The monoisotopic (exact) mass is 592 g/mol. The number of anilines is 3. The maximum Gasteiger partial charge on any atom is 0.323 e. The van der Waals surface area contributed by atoms with Crippen molar-refractivity contribution in [2.45, 2.75) is 6.54 Å². The minimum absolute atomic E-state index is 0.0950. The molecular formula is C28H29BrN6O4. The molecule has 202 valence electrons. The van der Waals surface area contributed by atoms with Gasteiger partial charge in [-0.25, -0.2) is 9.78 Å². The third kappa shape index (κ3) is 6.75. The molecule has 3 amide bonds. The second-order valence-electron chi connectivity index (χ2n) is 9.09. The second kappa shape index (κ2) is 12.3. The molecule has 0 atom stereocenters. The number of amides is 3. The fourth-order valence-corrected chi connectivity index (χ4v) is 4.87. The average Bonchev–Trinajstić information content (AvgIpc) is 3.33. The molecule has 1 saturated heterocycles. The highest BCUT2D eigenvalue weighted by Gasteiger charge is 2.15. The molecule has 3 heterocycles. The van der Waals surface area contributed by atoms with Crippen LogP contribution in [0.25, 0.3) is 10.9 Å². The standard InChI is InChI=1S/C28H29BrN6O4/c1-38-25-6-5-20(29)16-23(25)32-28(37)31-22-3-2-4-24-21(22)8-10-35(24)17-19-7-9-30-26(15-19)33-27(36)18-34-11-13-39-14-12-34/h2-10,15-16H,11-14,17-18H2,1H3,(H,30,33,36)(H2,31,32,37). The summed E-state index contributed by atoms with van der Waals surface area (Å²) in [5.74, 6) is 0.985. The Kier molecular flexibility index (Phi) is 8.40. The first kappa shape index (κ1) is 26.7. The zero-order valence-corrected chi connectivity index (χ0v) is 23.0. The van der Waals surface area contributed by atoms with Crippen molar-refractivity contribution < 1.29 is 19.1 Å². The number of hydrogen-bond acceptors (Lipinski definition) is 6. The van der Waals surface area contributed by atoms with Gasteiger partial charge in [0.25, 0.3) is 0 Å². The molecule has 3 N–H and O–H groups in total. The third-order valence-electron chi connectivity index (χ3n) is 6.39. The highest BCUT2D eigenvalue weighted by atomic mass is 79.9. The van der Waals surface area contributed by atoms with E-state index in [-0.39, 0.29) is 11.9 Å². The van der Waals surface area contributed by atoms with Gasteiger partial charge in [0, 0.05) is 41.9 Å². The molecule has 10 nitrogen and oxygen atoms in total. The Morgan fingerprint density at radius 1 is 1.03 bits per heavy atom. The molecule has 1 aliphatic rings. The molecular weight excluding hydrogens is 564 g/mol. The van der Waals surface area contributed by atoms with Crippen LogP contribution >= 0.6 is 15.9 Å². The summed E-state index contributed by atoms with van der Waals surface area (Å²) in [5.41, 5.74) is 3.19. The number of aromatic nitrogens is 2. The van der Waals surface area contributed by atoms with Gasteiger partial charge in [-0.05, 0) is 54.1 Å². The van der Waals surface area contributed by atoms with E-state index < -0.39 is 0 Å². The van der Waals surface area contributed by atoms with Crippen LogP contribution in [0.3, 0.4) is 0 Å². The zero-order valence-electron chi connectivity index (χ0n) is 21.4. The lowest BCUT2D eigenvalue weighted by Gasteiger charge is -2.25. The van der Waals surface area contributed by atoms with Crippen molar-refractivity contribution in [3.8, 4) is 5.75 Å². The molecule has 1 fully saturated rings. The van der Waals surface area contributed by atoms with E-state index in [1.165, 1.54) is 0 Å². The molecule has 0 unspecified atom stereocenters. The van der Waals surface area contributed by atoms with Crippen LogP contribution in [0, 0.1) is 0 Å². The van der Waals surface area contributed by atoms with Crippen LogP contribution in [-0.2, 0) is 16.1 Å². The average molecular weight is 593 g/mol. The van der Waals surface area contributed by atoms with E-state index in [4.69, 9.17) is 9.47 Å². The quantitative estimate of drug-likeness (QED) is 0.272. The summed E-state index contributed by atoms with van der Waals surface area (Å²) >= 11 is 3.42. The summed E-state index contributed by atoms with van der Waals surface area (Å²) in [6.07, 6.45) is 3.67. The maximum atomic E-state index is 12.8. The molecule has 0 aliphatic carbocycles. The lowest BCUT2D eigenvalue weighted by Crippen LogP contribution is -2.41.